The largest absolute Gasteiger partial charge is 0.380 e. The summed E-state index contributed by atoms with van der Waals surface area (Å²) < 4.78 is 55.7. The van der Waals surface area contributed by atoms with Gasteiger partial charge in [0.05, 0.1) is 55.9 Å². The first-order valence-corrected chi connectivity index (χ1v) is 13.5. The molecular weight excluding hydrogens is 535 g/mol. The summed E-state index contributed by atoms with van der Waals surface area (Å²) in [5.41, 5.74) is 6.67. The van der Waals surface area contributed by atoms with Gasteiger partial charge in [-0.25, -0.2) is 18.2 Å². The first-order valence-electron chi connectivity index (χ1n) is 13.5. The van der Waals surface area contributed by atoms with Crippen LogP contribution >= 0.6 is 0 Å². The molecule has 41 heavy (non-hydrogen) atoms. The van der Waals surface area contributed by atoms with Crippen molar-refractivity contribution >= 4 is 11.6 Å². The summed E-state index contributed by atoms with van der Waals surface area (Å²) in [7, 11) is 0. The molecule has 1 saturated heterocycles. The van der Waals surface area contributed by atoms with Gasteiger partial charge in [0.1, 0.15) is 28.8 Å². The molecular formula is C30H30F3N5O3. The third-order valence-corrected chi connectivity index (χ3v) is 7.75. The molecule has 1 aliphatic heterocycles. The smallest absolute Gasteiger partial charge is 0.274 e. The summed E-state index contributed by atoms with van der Waals surface area (Å²) in [6.45, 7) is 3.08. The SMILES string of the molecule is C[C@H]1C[C@@H](c2ccncc2NC(=O)c2ccc(F)c(-c3c(F)cc(C4COC4)cc3F)n2)C[C@@H](N)[C@H]1OCCC#N. The van der Waals surface area contributed by atoms with E-state index < -0.39 is 34.6 Å². The average molecular weight is 566 g/mol. The number of carbonyl (C=O) groups is 1. The predicted octanol–water partition coefficient (Wildman–Crippen LogP) is 5.07. The molecule has 3 N–H and O–H groups in total. The molecule has 11 heteroatoms. The second-order valence-electron chi connectivity index (χ2n) is 10.6. The van der Waals surface area contributed by atoms with Crippen molar-refractivity contribution in [3.63, 3.8) is 0 Å². The zero-order chi connectivity index (χ0) is 29.1. The Bertz CT molecular complexity index is 1440. The highest BCUT2D eigenvalue weighted by molar-refractivity contribution is 6.03. The van der Waals surface area contributed by atoms with Crippen molar-refractivity contribution in [2.75, 3.05) is 25.1 Å². The maximum Gasteiger partial charge on any atom is 0.274 e. The summed E-state index contributed by atoms with van der Waals surface area (Å²) in [5, 5.41) is 11.6. The molecule has 1 aromatic carbocycles. The van der Waals surface area contributed by atoms with Crippen LogP contribution < -0.4 is 11.1 Å². The molecule has 1 amide bonds. The van der Waals surface area contributed by atoms with Crippen molar-refractivity contribution in [3.8, 4) is 17.3 Å². The van der Waals surface area contributed by atoms with Gasteiger partial charge in [-0.1, -0.05) is 6.92 Å². The second-order valence-corrected chi connectivity index (χ2v) is 10.6. The highest BCUT2D eigenvalue weighted by Crippen LogP contribution is 2.40. The van der Waals surface area contributed by atoms with Crippen molar-refractivity contribution in [1.82, 2.24) is 9.97 Å². The van der Waals surface area contributed by atoms with Crippen LogP contribution in [-0.4, -0.2) is 47.8 Å². The lowest BCUT2D eigenvalue weighted by molar-refractivity contribution is -0.0198. The molecule has 1 aliphatic carbocycles. The molecule has 0 bridgehead atoms. The lowest BCUT2D eigenvalue weighted by atomic mass is 9.74. The van der Waals surface area contributed by atoms with Gasteiger partial charge in [0.25, 0.3) is 5.91 Å². The lowest BCUT2D eigenvalue weighted by Crippen LogP contribution is -2.46. The van der Waals surface area contributed by atoms with Crippen molar-refractivity contribution in [2.45, 2.75) is 50.2 Å². The van der Waals surface area contributed by atoms with Gasteiger partial charge in [0.15, 0.2) is 0 Å². The third kappa shape index (κ3) is 6.10. The fourth-order valence-electron chi connectivity index (χ4n) is 5.62. The summed E-state index contributed by atoms with van der Waals surface area (Å²) >= 11 is 0. The molecule has 2 aromatic heterocycles. The molecule has 2 aliphatic rings. The maximum absolute atomic E-state index is 15.0. The topological polar surface area (TPSA) is 123 Å². The summed E-state index contributed by atoms with van der Waals surface area (Å²) in [4.78, 5) is 21.4. The number of ether oxygens (including phenoxy) is 2. The number of anilines is 1. The Morgan fingerprint density at radius 2 is 1.90 bits per heavy atom. The van der Waals surface area contributed by atoms with Crippen LogP contribution in [0.15, 0.2) is 42.7 Å². The van der Waals surface area contributed by atoms with E-state index in [0.717, 1.165) is 36.2 Å². The van der Waals surface area contributed by atoms with Gasteiger partial charge in [-0.05, 0) is 66.1 Å². The standard InChI is InChI=1S/C30H30F3N5O3/c1-16-9-18(12-24(35)29(16)41-8-2-6-34)20-5-7-36-13-26(20)38-30(39)25-4-3-21(31)28(37-25)27-22(32)10-17(11-23(27)33)19-14-40-15-19/h3-5,7,10-11,13,16,18-19,24,29H,2,8-9,12,14-15,35H2,1H3,(H,38,39)/t16-,18+,24+,29-/m0/s1. The van der Waals surface area contributed by atoms with Gasteiger partial charge in [0, 0.05) is 18.2 Å². The van der Waals surface area contributed by atoms with Crippen molar-refractivity contribution in [3.05, 3.63) is 77.0 Å². The third-order valence-electron chi connectivity index (χ3n) is 7.75. The molecule has 3 heterocycles. The Balaban J connectivity index is 1.36. The molecule has 0 spiro atoms. The number of nitrogens with one attached hydrogen (secondary N) is 1. The zero-order valence-electron chi connectivity index (χ0n) is 22.4. The predicted molar refractivity (Wildman–Crippen MR) is 144 cm³/mol. The Morgan fingerprint density at radius 3 is 2.56 bits per heavy atom. The maximum atomic E-state index is 15.0. The van der Waals surface area contributed by atoms with E-state index >= 15 is 0 Å². The van der Waals surface area contributed by atoms with Gasteiger partial charge in [-0.2, -0.15) is 5.26 Å². The number of rotatable bonds is 8. The van der Waals surface area contributed by atoms with Crippen LogP contribution in [0.1, 0.15) is 59.6 Å². The number of benzene rings is 1. The average Bonchev–Trinajstić information content (AvgIpc) is 2.90. The number of pyridine rings is 2. The van der Waals surface area contributed by atoms with Crippen LogP contribution in [0.2, 0.25) is 0 Å². The first kappa shape index (κ1) is 28.7. The summed E-state index contributed by atoms with van der Waals surface area (Å²) in [5.74, 6) is -3.61. The fourth-order valence-corrected chi connectivity index (χ4v) is 5.62. The Hall–Kier alpha value is -3.85. The van der Waals surface area contributed by atoms with Gasteiger partial charge < -0.3 is 20.5 Å². The summed E-state index contributed by atoms with van der Waals surface area (Å²) in [6, 6.07) is 8.01. The number of carbonyl (C=O) groups excluding carboxylic acids is 1. The lowest BCUT2D eigenvalue weighted by Gasteiger charge is -2.39. The van der Waals surface area contributed by atoms with E-state index in [2.05, 4.69) is 21.4 Å². The summed E-state index contributed by atoms with van der Waals surface area (Å²) in [6.07, 6.45) is 4.56. The molecule has 1 saturated carbocycles. The molecule has 2 fully saturated rings. The normalized spacial score (nSPS) is 22.5. The van der Waals surface area contributed by atoms with Gasteiger partial charge in [0.2, 0.25) is 0 Å². The number of halogens is 3. The molecule has 4 atom stereocenters. The quantitative estimate of drug-likeness (QED) is 0.366. The molecule has 214 valence electrons. The van der Waals surface area contributed by atoms with E-state index in [4.69, 9.17) is 20.5 Å². The zero-order valence-corrected chi connectivity index (χ0v) is 22.4. The van der Waals surface area contributed by atoms with Gasteiger partial charge in [-0.3, -0.25) is 9.78 Å². The second kappa shape index (κ2) is 12.3. The highest BCUT2D eigenvalue weighted by atomic mass is 19.1. The van der Waals surface area contributed by atoms with E-state index in [1.807, 2.05) is 6.92 Å². The van der Waals surface area contributed by atoms with Crippen molar-refractivity contribution in [1.29, 1.82) is 5.26 Å². The van der Waals surface area contributed by atoms with Crippen molar-refractivity contribution in [2.24, 2.45) is 11.7 Å². The molecule has 0 unspecified atom stereocenters. The van der Waals surface area contributed by atoms with Gasteiger partial charge in [-0.15, -0.1) is 0 Å². The van der Waals surface area contributed by atoms with Crippen LogP contribution in [0.25, 0.3) is 11.3 Å². The first-order chi connectivity index (χ1) is 19.8. The molecule has 8 nitrogen and oxygen atoms in total. The van der Waals surface area contributed by atoms with Crippen molar-refractivity contribution < 1.29 is 27.4 Å². The fraction of sp³-hybridized carbons (Fsp3) is 0.400. The number of hydrogen-bond acceptors (Lipinski definition) is 7. The van der Waals surface area contributed by atoms with E-state index in [0.29, 0.717) is 43.9 Å². The Morgan fingerprint density at radius 1 is 1.15 bits per heavy atom. The number of amides is 1. The number of nitriles is 1. The van der Waals surface area contributed by atoms with Crippen LogP contribution in [0, 0.1) is 34.7 Å². The van der Waals surface area contributed by atoms with Crippen LogP contribution in [0.5, 0.6) is 0 Å². The number of hydrogen-bond donors (Lipinski definition) is 2. The van der Waals surface area contributed by atoms with Crippen LogP contribution in [0.4, 0.5) is 18.9 Å². The van der Waals surface area contributed by atoms with E-state index in [1.54, 1.807) is 12.3 Å². The monoisotopic (exact) mass is 565 g/mol. The van der Waals surface area contributed by atoms with Crippen LogP contribution in [-0.2, 0) is 9.47 Å². The number of nitrogens with two attached hydrogens (primary N) is 1. The minimum Gasteiger partial charge on any atom is -0.380 e. The van der Waals surface area contributed by atoms with Gasteiger partial charge >= 0.3 is 0 Å². The molecule has 5 rings (SSSR count). The number of nitrogens with zero attached hydrogens (tertiary/aromatic N) is 3. The van der Waals surface area contributed by atoms with E-state index in [-0.39, 0.29) is 35.6 Å². The minimum atomic E-state index is -0.969. The minimum absolute atomic E-state index is 0.00590. The molecule has 0 radical (unpaired) electrons. The highest BCUT2D eigenvalue weighted by Gasteiger charge is 2.36. The van der Waals surface area contributed by atoms with Crippen LogP contribution in [0.3, 0.4) is 0 Å². The Kier molecular flexibility index (Phi) is 8.63. The molecule has 3 aromatic rings. The van der Waals surface area contributed by atoms with E-state index in [9.17, 15) is 18.0 Å². The number of aromatic nitrogens is 2. The van der Waals surface area contributed by atoms with E-state index in [1.165, 1.54) is 6.20 Å². The Labute approximate surface area is 235 Å².